The van der Waals surface area contributed by atoms with Crippen LogP contribution >= 0.6 is 0 Å². The van der Waals surface area contributed by atoms with Crippen LogP contribution in [0.5, 0.6) is 11.6 Å². The third-order valence-electron chi connectivity index (χ3n) is 5.27. The molecule has 5 nitrogen and oxygen atoms in total. The van der Waals surface area contributed by atoms with E-state index in [1.54, 1.807) is 6.07 Å². The summed E-state index contributed by atoms with van der Waals surface area (Å²) in [4.78, 5) is 15.5. The summed E-state index contributed by atoms with van der Waals surface area (Å²) < 4.78 is 29.8. The lowest BCUT2D eigenvalue weighted by Crippen LogP contribution is -2.28. The molecule has 1 atom stereocenters. The Hall–Kier alpha value is -2.63. The van der Waals surface area contributed by atoms with Crippen molar-refractivity contribution in [1.82, 2.24) is 4.98 Å². The number of ether oxygens (including phenoxy) is 3. The summed E-state index contributed by atoms with van der Waals surface area (Å²) in [6.07, 6.45) is 3.59. The number of methoxy groups -OCH3 is 2. The van der Waals surface area contributed by atoms with Gasteiger partial charge in [-0.3, -0.25) is 4.79 Å². The number of aromatic nitrogens is 1. The zero-order chi connectivity index (χ0) is 20.1. The number of hydrogen-bond donors (Lipinski definition) is 0. The standard InChI is InChI=1S/C22H26FNO4/c1-14(22(25)27-3)7-15-5-4-6-18(10-15)28-13-16-8-17(9-16)19-11-21(26-2)24-12-20(19)23/h4-6,10-12,14,16-17H,7-9,13H2,1-3H3. The van der Waals surface area contributed by atoms with E-state index in [0.717, 1.165) is 24.2 Å². The van der Waals surface area contributed by atoms with Crippen molar-refractivity contribution in [3.8, 4) is 11.6 Å². The van der Waals surface area contributed by atoms with Crippen molar-refractivity contribution < 1.29 is 23.4 Å². The topological polar surface area (TPSA) is 57.7 Å². The molecule has 0 bridgehead atoms. The van der Waals surface area contributed by atoms with Gasteiger partial charge < -0.3 is 14.2 Å². The number of carbonyl (C=O) groups excluding carboxylic acids is 1. The molecular formula is C22H26FNO4. The van der Waals surface area contributed by atoms with E-state index in [2.05, 4.69) is 4.98 Å². The number of nitrogens with zero attached hydrogens (tertiary/aromatic N) is 1. The summed E-state index contributed by atoms with van der Waals surface area (Å²) in [5, 5.41) is 0. The second-order valence-electron chi connectivity index (χ2n) is 7.37. The van der Waals surface area contributed by atoms with E-state index in [9.17, 15) is 9.18 Å². The highest BCUT2D eigenvalue weighted by Gasteiger charge is 2.33. The maximum Gasteiger partial charge on any atom is 0.308 e. The van der Waals surface area contributed by atoms with E-state index in [1.165, 1.54) is 20.4 Å². The van der Waals surface area contributed by atoms with Gasteiger partial charge in [0.2, 0.25) is 5.88 Å². The van der Waals surface area contributed by atoms with Crippen LogP contribution in [0.2, 0.25) is 0 Å². The molecule has 1 unspecified atom stereocenters. The first-order valence-electron chi connectivity index (χ1n) is 9.49. The second kappa shape index (κ2) is 9.04. The monoisotopic (exact) mass is 387 g/mol. The molecule has 0 amide bonds. The van der Waals surface area contributed by atoms with Crippen LogP contribution in [-0.2, 0) is 16.0 Å². The molecule has 6 heteroatoms. The number of halogens is 1. The minimum atomic E-state index is -0.280. The molecule has 1 aromatic carbocycles. The Kier molecular flexibility index (Phi) is 6.49. The fourth-order valence-electron chi connectivity index (χ4n) is 3.60. The van der Waals surface area contributed by atoms with Crippen molar-refractivity contribution >= 4 is 5.97 Å². The van der Waals surface area contributed by atoms with Crippen LogP contribution in [-0.4, -0.2) is 31.8 Å². The zero-order valence-corrected chi connectivity index (χ0v) is 16.5. The van der Waals surface area contributed by atoms with Crippen LogP contribution in [0.1, 0.15) is 36.8 Å². The van der Waals surface area contributed by atoms with E-state index in [-0.39, 0.29) is 23.6 Å². The van der Waals surface area contributed by atoms with Gasteiger partial charge >= 0.3 is 5.97 Å². The number of benzene rings is 1. The van der Waals surface area contributed by atoms with Crippen molar-refractivity contribution in [2.24, 2.45) is 11.8 Å². The maximum absolute atomic E-state index is 14.0. The van der Waals surface area contributed by atoms with E-state index in [0.29, 0.717) is 30.4 Å². The summed E-state index contributed by atoms with van der Waals surface area (Å²) in [5.74, 6) is 1.10. The molecule has 1 saturated carbocycles. The minimum absolute atomic E-state index is 0.178. The summed E-state index contributed by atoms with van der Waals surface area (Å²) >= 11 is 0. The first-order valence-corrected chi connectivity index (χ1v) is 9.49. The first-order chi connectivity index (χ1) is 13.5. The average molecular weight is 387 g/mol. The lowest BCUT2D eigenvalue weighted by Gasteiger charge is -2.35. The van der Waals surface area contributed by atoms with Crippen LogP contribution < -0.4 is 9.47 Å². The van der Waals surface area contributed by atoms with Gasteiger partial charge in [-0.05, 0) is 54.4 Å². The zero-order valence-electron chi connectivity index (χ0n) is 16.5. The van der Waals surface area contributed by atoms with Gasteiger partial charge in [-0.15, -0.1) is 0 Å². The molecule has 1 aliphatic carbocycles. The van der Waals surface area contributed by atoms with Crippen LogP contribution in [0.15, 0.2) is 36.5 Å². The predicted octanol–water partition coefficient (Wildman–Crippen LogP) is 4.15. The molecule has 1 aromatic heterocycles. The first kappa shape index (κ1) is 20.1. The molecule has 1 fully saturated rings. The van der Waals surface area contributed by atoms with Gasteiger partial charge in [0.15, 0.2) is 0 Å². The van der Waals surface area contributed by atoms with Crippen molar-refractivity contribution in [3.05, 3.63) is 53.5 Å². The van der Waals surface area contributed by atoms with E-state index >= 15 is 0 Å². The average Bonchev–Trinajstić information content (AvgIpc) is 2.67. The number of esters is 1. The number of pyridine rings is 1. The fourth-order valence-corrected chi connectivity index (χ4v) is 3.60. The molecule has 0 aliphatic heterocycles. The predicted molar refractivity (Wildman–Crippen MR) is 103 cm³/mol. The normalized spacial score (nSPS) is 19.4. The SMILES string of the molecule is COC(=O)C(C)Cc1cccc(OCC2CC(c3cc(OC)ncc3F)C2)c1. The van der Waals surface area contributed by atoms with Gasteiger partial charge in [0, 0.05) is 6.07 Å². The third kappa shape index (κ3) is 4.80. The Bertz CT molecular complexity index is 820. The van der Waals surface area contributed by atoms with Gasteiger partial charge in [0.05, 0.1) is 32.9 Å². The quantitative estimate of drug-likeness (QED) is 0.637. The van der Waals surface area contributed by atoms with Crippen molar-refractivity contribution in [1.29, 1.82) is 0 Å². The van der Waals surface area contributed by atoms with Gasteiger partial charge in [-0.2, -0.15) is 0 Å². The molecule has 150 valence electrons. The summed E-state index contributed by atoms with van der Waals surface area (Å²) in [7, 11) is 2.93. The Morgan fingerprint density at radius 3 is 2.79 bits per heavy atom. The van der Waals surface area contributed by atoms with E-state index in [1.807, 2.05) is 31.2 Å². The smallest absolute Gasteiger partial charge is 0.308 e. The highest BCUT2D eigenvalue weighted by atomic mass is 19.1. The maximum atomic E-state index is 14.0. The molecule has 0 saturated heterocycles. The fraction of sp³-hybridized carbons (Fsp3) is 0.455. The molecule has 0 radical (unpaired) electrons. The Labute approximate surface area is 164 Å². The van der Waals surface area contributed by atoms with Crippen LogP contribution in [0, 0.1) is 17.7 Å². The van der Waals surface area contributed by atoms with Crippen molar-refractivity contribution in [3.63, 3.8) is 0 Å². The summed E-state index contributed by atoms with van der Waals surface area (Å²) in [6.45, 7) is 2.44. The number of carbonyl (C=O) groups is 1. The molecule has 28 heavy (non-hydrogen) atoms. The van der Waals surface area contributed by atoms with Gasteiger partial charge in [0.25, 0.3) is 0 Å². The lowest BCUT2D eigenvalue weighted by molar-refractivity contribution is -0.144. The van der Waals surface area contributed by atoms with Gasteiger partial charge in [-0.25, -0.2) is 9.37 Å². The largest absolute Gasteiger partial charge is 0.493 e. The van der Waals surface area contributed by atoms with Crippen LogP contribution in [0.3, 0.4) is 0 Å². The van der Waals surface area contributed by atoms with Crippen molar-refractivity contribution in [2.45, 2.75) is 32.1 Å². The highest BCUT2D eigenvalue weighted by molar-refractivity contribution is 5.72. The third-order valence-corrected chi connectivity index (χ3v) is 5.27. The molecule has 3 rings (SSSR count). The number of hydrogen-bond acceptors (Lipinski definition) is 5. The Morgan fingerprint density at radius 2 is 2.07 bits per heavy atom. The Morgan fingerprint density at radius 1 is 1.29 bits per heavy atom. The van der Waals surface area contributed by atoms with Crippen molar-refractivity contribution in [2.75, 3.05) is 20.8 Å². The van der Waals surface area contributed by atoms with Gasteiger partial charge in [0.1, 0.15) is 11.6 Å². The molecule has 2 aromatic rings. The van der Waals surface area contributed by atoms with E-state index < -0.39 is 0 Å². The second-order valence-corrected chi connectivity index (χ2v) is 7.37. The minimum Gasteiger partial charge on any atom is -0.493 e. The van der Waals surface area contributed by atoms with Crippen LogP contribution in [0.4, 0.5) is 4.39 Å². The molecule has 1 aliphatic rings. The van der Waals surface area contributed by atoms with Gasteiger partial charge in [-0.1, -0.05) is 19.1 Å². The molecular weight excluding hydrogens is 361 g/mol. The van der Waals surface area contributed by atoms with E-state index in [4.69, 9.17) is 14.2 Å². The highest BCUT2D eigenvalue weighted by Crippen LogP contribution is 2.43. The Balaban J connectivity index is 1.50. The van der Waals surface area contributed by atoms with Crippen LogP contribution in [0.25, 0.3) is 0 Å². The molecule has 0 spiro atoms. The summed E-state index contributed by atoms with van der Waals surface area (Å²) in [5.41, 5.74) is 1.70. The molecule has 0 N–H and O–H groups in total. The summed E-state index contributed by atoms with van der Waals surface area (Å²) in [6, 6.07) is 9.46. The number of rotatable bonds is 8. The molecule has 1 heterocycles. The lowest BCUT2D eigenvalue weighted by atomic mass is 9.72.